The SMILES string of the molecule is CCOC(=O)c1cn([C@H](CO[Si](C)(C)C(C)(C)C)C(C)(C)C)c2nc(C(F)(F)F)c(NCc3c(F)cc(F)cc3F)cc2c1=O. The third-order valence-corrected chi connectivity index (χ3v) is 12.6. The molecule has 3 aromatic rings. The van der Waals surface area contributed by atoms with Crippen LogP contribution in [-0.2, 0) is 21.9 Å². The maximum Gasteiger partial charge on any atom is 0.435 e. The number of benzene rings is 1. The summed E-state index contributed by atoms with van der Waals surface area (Å²) in [5, 5.41) is 1.75. The molecule has 0 aliphatic heterocycles. The maximum absolute atomic E-state index is 14.4. The summed E-state index contributed by atoms with van der Waals surface area (Å²) >= 11 is 0. The standard InChI is InChI=1S/C31H39F6N3O4Si/c1-10-43-28(42)20-15-40(24(29(2,3)4)16-44-45(8,9)30(5,6)7)27-18(25(20)41)13-23(26(39-27)31(35,36)37)38-14-19-21(33)11-17(32)12-22(19)34/h11-13,15,24,38H,10,14,16H2,1-9H3/t24-/m1/s1. The average Bonchev–Trinajstić information content (AvgIpc) is 2.87. The van der Waals surface area contributed by atoms with Gasteiger partial charge < -0.3 is 19.0 Å². The Kier molecular flexibility index (Phi) is 10.2. The molecule has 0 aliphatic carbocycles. The van der Waals surface area contributed by atoms with Gasteiger partial charge in [-0.25, -0.2) is 22.9 Å². The monoisotopic (exact) mass is 659 g/mol. The molecule has 0 saturated heterocycles. The second kappa shape index (κ2) is 12.8. The number of fused-ring (bicyclic) bond motifs is 1. The first-order valence-corrected chi connectivity index (χ1v) is 17.3. The van der Waals surface area contributed by atoms with Crippen LogP contribution in [0.3, 0.4) is 0 Å². The zero-order chi connectivity index (χ0) is 34.3. The van der Waals surface area contributed by atoms with Gasteiger partial charge in [0.2, 0.25) is 5.43 Å². The molecule has 1 aromatic carbocycles. The molecule has 248 valence electrons. The fraction of sp³-hybridized carbons (Fsp3) is 0.516. The minimum Gasteiger partial charge on any atom is -0.462 e. The van der Waals surface area contributed by atoms with Crippen LogP contribution in [0.1, 0.15) is 76.1 Å². The van der Waals surface area contributed by atoms with Gasteiger partial charge in [0.1, 0.15) is 28.7 Å². The van der Waals surface area contributed by atoms with Gasteiger partial charge in [0, 0.05) is 30.4 Å². The van der Waals surface area contributed by atoms with E-state index >= 15 is 0 Å². The summed E-state index contributed by atoms with van der Waals surface area (Å²) in [5.74, 6) is -4.82. The molecule has 1 N–H and O–H groups in total. The summed E-state index contributed by atoms with van der Waals surface area (Å²) in [6.07, 6.45) is -3.93. The minimum atomic E-state index is -5.08. The molecular weight excluding hydrogens is 620 g/mol. The van der Waals surface area contributed by atoms with Gasteiger partial charge in [-0.1, -0.05) is 41.5 Å². The molecule has 0 saturated carbocycles. The van der Waals surface area contributed by atoms with Crippen LogP contribution in [0, 0.1) is 22.9 Å². The smallest absolute Gasteiger partial charge is 0.435 e. The number of pyridine rings is 2. The minimum absolute atomic E-state index is 0.0341. The molecule has 0 amide bonds. The molecule has 2 heterocycles. The number of halogens is 6. The second-order valence-electron chi connectivity index (χ2n) is 13.4. The lowest BCUT2D eigenvalue weighted by Crippen LogP contribution is -2.43. The topological polar surface area (TPSA) is 82.4 Å². The largest absolute Gasteiger partial charge is 0.462 e. The van der Waals surface area contributed by atoms with E-state index in [0.717, 1.165) is 12.3 Å². The van der Waals surface area contributed by atoms with Crippen molar-refractivity contribution in [1.82, 2.24) is 9.55 Å². The fourth-order valence-corrected chi connectivity index (χ4v) is 5.40. The Morgan fingerprint density at radius 3 is 2.09 bits per heavy atom. The van der Waals surface area contributed by atoms with Gasteiger partial charge in [-0.2, -0.15) is 13.2 Å². The van der Waals surface area contributed by atoms with E-state index in [4.69, 9.17) is 9.16 Å². The van der Waals surface area contributed by atoms with Crippen molar-refractivity contribution in [2.75, 3.05) is 18.5 Å². The first-order valence-electron chi connectivity index (χ1n) is 14.3. The van der Waals surface area contributed by atoms with Crippen LogP contribution < -0.4 is 10.7 Å². The summed E-state index contributed by atoms with van der Waals surface area (Å²) in [4.78, 5) is 30.4. The average molecular weight is 660 g/mol. The molecule has 0 spiro atoms. The highest BCUT2D eigenvalue weighted by molar-refractivity contribution is 6.74. The molecular formula is C31H39F6N3O4Si. The summed E-state index contributed by atoms with van der Waals surface area (Å²) < 4.78 is 98.2. The van der Waals surface area contributed by atoms with E-state index in [-0.39, 0.29) is 29.3 Å². The Morgan fingerprint density at radius 1 is 1.02 bits per heavy atom. The number of hydrogen-bond donors (Lipinski definition) is 1. The van der Waals surface area contributed by atoms with E-state index in [0.29, 0.717) is 12.1 Å². The van der Waals surface area contributed by atoms with E-state index in [1.807, 2.05) is 54.6 Å². The number of carbonyl (C=O) groups is 1. The number of aromatic nitrogens is 2. The number of hydrogen-bond acceptors (Lipinski definition) is 6. The lowest BCUT2D eigenvalue weighted by molar-refractivity contribution is -0.140. The molecule has 0 radical (unpaired) electrons. The van der Waals surface area contributed by atoms with Gasteiger partial charge in [-0.15, -0.1) is 0 Å². The lowest BCUT2D eigenvalue weighted by Gasteiger charge is -2.40. The molecule has 0 bridgehead atoms. The van der Waals surface area contributed by atoms with Crippen LogP contribution in [0.2, 0.25) is 18.1 Å². The van der Waals surface area contributed by atoms with Crippen LogP contribution in [-0.4, -0.2) is 37.1 Å². The molecule has 0 fully saturated rings. The number of ether oxygens (including phenoxy) is 1. The molecule has 7 nitrogen and oxygen atoms in total. The highest BCUT2D eigenvalue weighted by Crippen LogP contribution is 2.41. The van der Waals surface area contributed by atoms with Crippen molar-refractivity contribution in [2.24, 2.45) is 5.41 Å². The van der Waals surface area contributed by atoms with Crippen molar-refractivity contribution in [3.05, 3.63) is 68.9 Å². The summed E-state index contributed by atoms with van der Waals surface area (Å²) in [5.41, 5.74) is -5.39. The normalized spacial score (nSPS) is 13.7. The summed E-state index contributed by atoms with van der Waals surface area (Å²) in [6.45, 7) is 16.3. The number of anilines is 1. The van der Waals surface area contributed by atoms with Crippen molar-refractivity contribution in [1.29, 1.82) is 0 Å². The highest BCUT2D eigenvalue weighted by Gasteiger charge is 2.41. The molecule has 2 aromatic heterocycles. The third-order valence-electron chi connectivity index (χ3n) is 8.07. The molecule has 1 atom stereocenters. The van der Waals surface area contributed by atoms with Crippen molar-refractivity contribution in [2.45, 2.75) is 85.4 Å². The Bertz CT molecular complexity index is 1620. The first kappa shape index (κ1) is 36.1. The van der Waals surface area contributed by atoms with Crippen LogP contribution in [0.5, 0.6) is 0 Å². The fourth-order valence-electron chi connectivity index (χ4n) is 4.39. The van der Waals surface area contributed by atoms with Crippen molar-refractivity contribution >= 4 is 31.0 Å². The Morgan fingerprint density at radius 2 is 1.60 bits per heavy atom. The second-order valence-corrected chi connectivity index (χ2v) is 18.2. The summed E-state index contributed by atoms with van der Waals surface area (Å²) in [6, 6.07) is 0.927. The Hall–Kier alpha value is -3.39. The number of nitrogens with zero attached hydrogens (tertiary/aromatic N) is 2. The lowest BCUT2D eigenvalue weighted by atomic mass is 9.86. The van der Waals surface area contributed by atoms with Crippen molar-refractivity contribution in [3.63, 3.8) is 0 Å². The van der Waals surface area contributed by atoms with Gasteiger partial charge >= 0.3 is 12.1 Å². The van der Waals surface area contributed by atoms with Crippen LogP contribution in [0.15, 0.2) is 29.2 Å². The van der Waals surface area contributed by atoms with Gasteiger partial charge in [0.05, 0.1) is 30.3 Å². The van der Waals surface area contributed by atoms with E-state index in [1.165, 1.54) is 11.5 Å². The molecule has 0 unspecified atom stereocenters. The number of nitrogens with one attached hydrogen (secondary N) is 1. The van der Waals surface area contributed by atoms with E-state index < -0.39 is 83.9 Å². The number of alkyl halides is 3. The summed E-state index contributed by atoms with van der Waals surface area (Å²) in [7, 11) is -2.37. The van der Waals surface area contributed by atoms with Crippen molar-refractivity contribution in [3.8, 4) is 0 Å². The van der Waals surface area contributed by atoms with Crippen LogP contribution in [0.4, 0.5) is 32.0 Å². The van der Waals surface area contributed by atoms with Gasteiger partial charge in [-0.3, -0.25) is 4.79 Å². The first-order chi connectivity index (χ1) is 20.5. The van der Waals surface area contributed by atoms with Gasteiger partial charge in [0.25, 0.3) is 0 Å². The van der Waals surface area contributed by atoms with E-state index in [2.05, 4.69) is 10.3 Å². The quantitative estimate of drug-likeness (QED) is 0.142. The third kappa shape index (κ3) is 7.89. The predicted octanol–water partition coefficient (Wildman–Crippen LogP) is 8.23. The van der Waals surface area contributed by atoms with Crippen LogP contribution >= 0.6 is 0 Å². The number of esters is 1. The van der Waals surface area contributed by atoms with Gasteiger partial charge in [-0.05, 0) is 36.5 Å². The predicted molar refractivity (Wildman–Crippen MR) is 162 cm³/mol. The molecule has 3 rings (SSSR count). The van der Waals surface area contributed by atoms with Crippen molar-refractivity contribution < 1.29 is 40.3 Å². The molecule has 45 heavy (non-hydrogen) atoms. The number of rotatable bonds is 9. The maximum atomic E-state index is 14.4. The number of carbonyl (C=O) groups excluding carboxylic acids is 1. The Balaban J connectivity index is 2.34. The van der Waals surface area contributed by atoms with Gasteiger partial charge in [0.15, 0.2) is 14.0 Å². The van der Waals surface area contributed by atoms with E-state index in [1.54, 1.807) is 0 Å². The molecule has 0 aliphatic rings. The van der Waals surface area contributed by atoms with Crippen LogP contribution in [0.25, 0.3) is 11.0 Å². The zero-order valence-electron chi connectivity index (χ0n) is 26.8. The Labute approximate surface area is 259 Å². The highest BCUT2D eigenvalue weighted by atomic mass is 28.4. The zero-order valence-corrected chi connectivity index (χ0v) is 27.8. The van der Waals surface area contributed by atoms with E-state index in [9.17, 15) is 35.9 Å². The molecule has 14 heteroatoms.